The predicted octanol–water partition coefficient (Wildman–Crippen LogP) is 2.41. The van der Waals surface area contributed by atoms with Crippen LogP contribution in [0.3, 0.4) is 0 Å². The van der Waals surface area contributed by atoms with Crippen molar-refractivity contribution in [2.75, 3.05) is 13.3 Å². The van der Waals surface area contributed by atoms with E-state index in [0.717, 1.165) is 24.6 Å². The number of benzene rings is 1. The molecular formula is C13H19NO3Si. The standard InChI is InChI=1S/C13H19NO3Si/c1-18(2,3)17-13-7-14-6-9-4-11-12(5-10(9)13)16-8-15-11/h4-5,13-14H,6-8H2,1-3H3. The van der Waals surface area contributed by atoms with Crippen LogP contribution in [0.15, 0.2) is 12.1 Å². The van der Waals surface area contributed by atoms with Gasteiger partial charge in [0.15, 0.2) is 19.8 Å². The normalized spacial score (nSPS) is 21.8. The van der Waals surface area contributed by atoms with Gasteiger partial charge in [-0.1, -0.05) is 0 Å². The molecule has 5 heteroatoms. The Hall–Kier alpha value is -1.04. The van der Waals surface area contributed by atoms with Gasteiger partial charge in [0.05, 0.1) is 6.10 Å². The molecule has 3 rings (SSSR count). The van der Waals surface area contributed by atoms with Gasteiger partial charge in [-0.2, -0.15) is 0 Å². The third-order valence-electron chi connectivity index (χ3n) is 3.12. The Bertz CT molecular complexity index is 470. The molecule has 18 heavy (non-hydrogen) atoms. The van der Waals surface area contributed by atoms with E-state index in [4.69, 9.17) is 13.9 Å². The lowest BCUT2D eigenvalue weighted by atomic mass is 9.98. The van der Waals surface area contributed by atoms with Gasteiger partial charge in [-0.05, 0) is 42.9 Å². The summed E-state index contributed by atoms with van der Waals surface area (Å²) in [6.07, 6.45) is 0.134. The average molecular weight is 265 g/mol. The minimum Gasteiger partial charge on any atom is -0.454 e. The van der Waals surface area contributed by atoms with E-state index in [-0.39, 0.29) is 6.10 Å². The maximum absolute atomic E-state index is 6.24. The summed E-state index contributed by atoms with van der Waals surface area (Å²) < 4.78 is 17.1. The van der Waals surface area contributed by atoms with Gasteiger partial charge in [0.2, 0.25) is 6.79 Å². The molecule has 0 fully saturated rings. The number of hydrogen-bond acceptors (Lipinski definition) is 4. The lowest BCUT2D eigenvalue weighted by Crippen LogP contribution is -2.36. The van der Waals surface area contributed by atoms with Crippen LogP contribution in [-0.2, 0) is 11.0 Å². The van der Waals surface area contributed by atoms with Gasteiger partial charge in [-0.15, -0.1) is 0 Å². The Morgan fingerprint density at radius 2 is 1.94 bits per heavy atom. The quantitative estimate of drug-likeness (QED) is 0.834. The van der Waals surface area contributed by atoms with Crippen LogP contribution in [0.1, 0.15) is 17.2 Å². The fraction of sp³-hybridized carbons (Fsp3) is 0.538. The second kappa shape index (κ2) is 4.26. The average Bonchev–Trinajstić information content (AvgIpc) is 2.71. The highest BCUT2D eigenvalue weighted by molar-refractivity contribution is 6.69. The zero-order valence-electron chi connectivity index (χ0n) is 11.1. The van der Waals surface area contributed by atoms with Crippen LogP contribution in [0, 0.1) is 0 Å². The second-order valence-electron chi connectivity index (χ2n) is 5.75. The minimum absolute atomic E-state index is 0.134. The first-order chi connectivity index (χ1) is 8.53. The molecular weight excluding hydrogens is 246 g/mol. The molecule has 0 aliphatic carbocycles. The molecule has 1 atom stereocenters. The maximum Gasteiger partial charge on any atom is 0.231 e. The van der Waals surface area contributed by atoms with E-state index in [1.54, 1.807) is 0 Å². The van der Waals surface area contributed by atoms with E-state index < -0.39 is 8.32 Å². The molecule has 0 bridgehead atoms. The number of hydrogen-bond donors (Lipinski definition) is 1. The predicted molar refractivity (Wildman–Crippen MR) is 71.4 cm³/mol. The molecule has 0 radical (unpaired) electrons. The summed E-state index contributed by atoms with van der Waals surface area (Å²) in [5.74, 6) is 1.70. The summed E-state index contributed by atoms with van der Waals surface area (Å²) in [5.41, 5.74) is 2.51. The molecule has 0 amide bonds. The van der Waals surface area contributed by atoms with Crippen molar-refractivity contribution in [1.29, 1.82) is 0 Å². The number of fused-ring (bicyclic) bond motifs is 2. The first-order valence-electron chi connectivity index (χ1n) is 6.34. The second-order valence-corrected chi connectivity index (χ2v) is 10.2. The van der Waals surface area contributed by atoms with Gasteiger partial charge in [0.1, 0.15) is 0 Å². The summed E-state index contributed by atoms with van der Waals surface area (Å²) in [5, 5.41) is 3.41. The van der Waals surface area contributed by atoms with E-state index in [0.29, 0.717) is 6.79 Å². The third kappa shape index (κ3) is 2.25. The molecule has 1 aromatic rings. The van der Waals surface area contributed by atoms with Crippen molar-refractivity contribution in [2.24, 2.45) is 0 Å². The molecule has 98 valence electrons. The molecule has 0 saturated heterocycles. The molecule has 2 aliphatic heterocycles. The van der Waals surface area contributed by atoms with Gasteiger partial charge in [0.25, 0.3) is 0 Å². The Labute approximate surface area is 108 Å². The van der Waals surface area contributed by atoms with Crippen molar-refractivity contribution in [3.8, 4) is 11.5 Å². The van der Waals surface area contributed by atoms with E-state index in [1.165, 1.54) is 11.1 Å². The lowest BCUT2D eigenvalue weighted by molar-refractivity contribution is 0.173. The van der Waals surface area contributed by atoms with Crippen molar-refractivity contribution in [3.05, 3.63) is 23.3 Å². The van der Waals surface area contributed by atoms with Crippen LogP contribution in [0.5, 0.6) is 11.5 Å². The Morgan fingerprint density at radius 1 is 1.22 bits per heavy atom. The topological polar surface area (TPSA) is 39.7 Å². The Kier molecular flexibility index (Phi) is 2.84. The highest BCUT2D eigenvalue weighted by atomic mass is 28.4. The summed E-state index contributed by atoms with van der Waals surface area (Å²) in [6.45, 7) is 8.72. The van der Waals surface area contributed by atoms with Crippen LogP contribution >= 0.6 is 0 Å². The summed E-state index contributed by atoms with van der Waals surface area (Å²) >= 11 is 0. The van der Waals surface area contributed by atoms with Crippen LogP contribution < -0.4 is 14.8 Å². The fourth-order valence-corrected chi connectivity index (χ4v) is 3.50. The smallest absolute Gasteiger partial charge is 0.231 e. The Morgan fingerprint density at radius 3 is 2.67 bits per heavy atom. The zero-order valence-corrected chi connectivity index (χ0v) is 12.1. The largest absolute Gasteiger partial charge is 0.454 e. The van der Waals surface area contributed by atoms with Gasteiger partial charge in [0, 0.05) is 13.1 Å². The monoisotopic (exact) mass is 265 g/mol. The van der Waals surface area contributed by atoms with E-state index in [2.05, 4.69) is 37.1 Å². The van der Waals surface area contributed by atoms with Gasteiger partial charge in [-0.3, -0.25) is 0 Å². The molecule has 0 saturated carbocycles. The van der Waals surface area contributed by atoms with Crippen molar-refractivity contribution < 1.29 is 13.9 Å². The number of rotatable bonds is 2. The minimum atomic E-state index is -1.55. The van der Waals surface area contributed by atoms with E-state index >= 15 is 0 Å². The van der Waals surface area contributed by atoms with Crippen LogP contribution in [-0.4, -0.2) is 21.7 Å². The molecule has 4 nitrogen and oxygen atoms in total. The van der Waals surface area contributed by atoms with E-state index in [1.807, 2.05) is 0 Å². The fourth-order valence-electron chi connectivity index (χ4n) is 2.43. The molecule has 0 spiro atoms. The van der Waals surface area contributed by atoms with Gasteiger partial charge < -0.3 is 19.2 Å². The van der Waals surface area contributed by atoms with E-state index in [9.17, 15) is 0 Å². The lowest BCUT2D eigenvalue weighted by Gasteiger charge is -2.32. The van der Waals surface area contributed by atoms with Crippen molar-refractivity contribution >= 4 is 8.32 Å². The van der Waals surface area contributed by atoms with Crippen LogP contribution in [0.4, 0.5) is 0 Å². The van der Waals surface area contributed by atoms with Crippen molar-refractivity contribution in [1.82, 2.24) is 5.32 Å². The summed E-state index contributed by atoms with van der Waals surface area (Å²) in [7, 11) is -1.55. The zero-order chi connectivity index (χ0) is 12.8. The Balaban J connectivity index is 1.95. The van der Waals surface area contributed by atoms with Crippen LogP contribution in [0.25, 0.3) is 0 Å². The van der Waals surface area contributed by atoms with Crippen LogP contribution in [0.2, 0.25) is 19.6 Å². The SMILES string of the molecule is C[Si](C)(C)OC1CNCc2cc3c(cc21)OCO3. The molecule has 2 aliphatic rings. The highest BCUT2D eigenvalue weighted by Crippen LogP contribution is 2.39. The maximum atomic E-state index is 6.24. The van der Waals surface area contributed by atoms with Gasteiger partial charge in [-0.25, -0.2) is 0 Å². The summed E-state index contributed by atoms with van der Waals surface area (Å²) in [4.78, 5) is 0. The molecule has 2 heterocycles. The third-order valence-corrected chi connectivity index (χ3v) is 4.11. The molecule has 1 N–H and O–H groups in total. The highest BCUT2D eigenvalue weighted by Gasteiger charge is 2.29. The first kappa shape index (κ1) is 12.0. The number of ether oxygens (including phenoxy) is 2. The summed E-state index contributed by atoms with van der Waals surface area (Å²) in [6, 6.07) is 4.16. The van der Waals surface area contributed by atoms with Gasteiger partial charge >= 0.3 is 0 Å². The molecule has 1 aromatic carbocycles. The molecule has 0 aromatic heterocycles. The molecule has 1 unspecified atom stereocenters. The van der Waals surface area contributed by atoms with Crippen molar-refractivity contribution in [2.45, 2.75) is 32.3 Å². The van der Waals surface area contributed by atoms with Crippen molar-refractivity contribution in [3.63, 3.8) is 0 Å². The number of nitrogens with one attached hydrogen (secondary N) is 1. The first-order valence-corrected chi connectivity index (χ1v) is 9.75.